The van der Waals surface area contributed by atoms with Gasteiger partial charge in [0.25, 0.3) is 5.91 Å². The lowest BCUT2D eigenvalue weighted by Gasteiger charge is -2.18. The number of hydrogen-bond acceptors (Lipinski definition) is 4. The number of amides is 2. The van der Waals surface area contributed by atoms with Crippen LogP contribution in [0.15, 0.2) is 24.3 Å². The van der Waals surface area contributed by atoms with Gasteiger partial charge in [0.15, 0.2) is 6.61 Å². The normalized spacial score (nSPS) is 15.3. The Labute approximate surface area is 147 Å². The maximum Gasteiger partial charge on any atom is 0.326 e. The molecular formula is C18H24N2O5. The molecule has 1 aromatic carbocycles. The van der Waals surface area contributed by atoms with Crippen molar-refractivity contribution in [1.82, 2.24) is 5.32 Å². The van der Waals surface area contributed by atoms with Crippen molar-refractivity contribution < 1.29 is 24.2 Å². The number of aliphatic carboxylic acids is 1. The zero-order valence-corrected chi connectivity index (χ0v) is 14.5. The number of carboxylic acid groups (broad SMARTS) is 1. The second-order valence-electron chi connectivity index (χ2n) is 6.52. The van der Waals surface area contributed by atoms with Crippen molar-refractivity contribution in [2.45, 2.75) is 39.2 Å². The predicted molar refractivity (Wildman–Crippen MR) is 92.5 cm³/mol. The highest BCUT2D eigenvalue weighted by Crippen LogP contribution is 2.25. The lowest BCUT2D eigenvalue weighted by Crippen LogP contribution is -2.43. The summed E-state index contributed by atoms with van der Waals surface area (Å²) in [5, 5.41) is 11.6. The largest absolute Gasteiger partial charge is 0.484 e. The van der Waals surface area contributed by atoms with Crippen molar-refractivity contribution in [2.24, 2.45) is 5.92 Å². The van der Waals surface area contributed by atoms with Gasteiger partial charge in [-0.1, -0.05) is 19.9 Å². The number of carbonyl (C=O) groups excluding carboxylic acids is 2. The summed E-state index contributed by atoms with van der Waals surface area (Å²) >= 11 is 0. The number of carbonyl (C=O) groups is 3. The zero-order chi connectivity index (χ0) is 18.4. The number of rotatable bonds is 8. The Morgan fingerprint density at radius 3 is 2.72 bits per heavy atom. The van der Waals surface area contributed by atoms with E-state index in [2.05, 4.69) is 5.32 Å². The summed E-state index contributed by atoms with van der Waals surface area (Å²) in [6, 6.07) is 6.05. The van der Waals surface area contributed by atoms with Crippen LogP contribution in [0.1, 0.15) is 33.1 Å². The van der Waals surface area contributed by atoms with Crippen LogP contribution in [-0.2, 0) is 14.4 Å². The van der Waals surface area contributed by atoms with E-state index in [1.54, 1.807) is 23.1 Å². The molecule has 0 radical (unpaired) electrons. The quantitative estimate of drug-likeness (QED) is 0.747. The first-order chi connectivity index (χ1) is 11.9. The average Bonchev–Trinajstić information content (AvgIpc) is 2.98. The molecule has 1 aromatic rings. The first kappa shape index (κ1) is 18.8. The monoisotopic (exact) mass is 348 g/mol. The number of nitrogens with zero attached hydrogens (tertiary/aromatic N) is 1. The summed E-state index contributed by atoms with van der Waals surface area (Å²) in [6.07, 6.45) is 1.73. The van der Waals surface area contributed by atoms with Gasteiger partial charge < -0.3 is 20.1 Å². The number of hydrogen-bond donors (Lipinski definition) is 2. The Bertz CT molecular complexity index is 644. The summed E-state index contributed by atoms with van der Waals surface area (Å²) in [5.41, 5.74) is 0.739. The highest BCUT2D eigenvalue weighted by Gasteiger charge is 2.23. The summed E-state index contributed by atoms with van der Waals surface area (Å²) in [7, 11) is 0. The molecule has 1 heterocycles. The third kappa shape index (κ3) is 5.48. The lowest BCUT2D eigenvalue weighted by molar-refractivity contribution is -0.142. The fraction of sp³-hybridized carbons (Fsp3) is 0.500. The minimum absolute atomic E-state index is 0.0767. The smallest absolute Gasteiger partial charge is 0.326 e. The average molecular weight is 348 g/mol. The van der Waals surface area contributed by atoms with Crippen molar-refractivity contribution in [1.29, 1.82) is 0 Å². The molecule has 2 N–H and O–H groups in total. The molecule has 1 fully saturated rings. The fourth-order valence-corrected chi connectivity index (χ4v) is 2.74. The van der Waals surface area contributed by atoms with Crippen LogP contribution in [0.3, 0.4) is 0 Å². The molecule has 136 valence electrons. The Balaban J connectivity index is 1.91. The topological polar surface area (TPSA) is 95.9 Å². The molecule has 0 bridgehead atoms. The maximum absolute atomic E-state index is 11.9. The molecular weight excluding hydrogens is 324 g/mol. The molecule has 1 saturated heterocycles. The fourth-order valence-electron chi connectivity index (χ4n) is 2.74. The van der Waals surface area contributed by atoms with Crippen LogP contribution in [0.4, 0.5) is 5.69 Å². The van der Waals surface area contributed by atoms with Gasteiger partial charge >= 0.3 is 5.97 Å². The number of nitrogens with one attached hydrogen (secondary N) is 1. The second-order valence-corrected chi connectivity index (χ2v) is 6.52. The van der Waals surface area contributed by atoms with Crippen LogP contribution < -0.4 is 15.0 Å². The van der Waals surface area contributed by atoms with Crippen LogP contribution in [0.5, 0.6) is 5.75 Å². The molecule has 1 aliphatic rings. The van der Waals surface area contributed by atoms with Crippen LogP contribution in [-0.4, -0.2) is 42.1 Å². The van der Waals surface area contributed by atoms with E-state index >= 15 is 0 Å². The maximum atomic E-state index is 11.9. The Kier molecular flexibility index (Phi) is 6.38. The predicted octanol–water partition coefficient (Wildman–Crippen LogP) is 1.81. The SMILES string of the molecule is CC(C)C[C@H](NC(=O)COc1cccc(N2CCCC2=O)c1)C(=O)O. The van der Waals surface area contributed by atoms with E-state index < -0.39 is 17.9 Å². The molecule has 0 unspecified atom stereocenters. The summed E-state index contributed by atoms with van der Waals surface area (Å²) in [6.45, 7) is 4.19. The lowest BCUT2D eigenvalue weighted by atomic mass is 10.0. The summed E-state index contributed by atoms with van der Waals surface area (Å²) < 4.78 is 5.45. The number of anilines is 1. The van der Waals surface area contributed by atoms with E-state index in [9.17, 15) is 14.4 Å². The van der Waals surface area contributed by atoms with E-state index in [4.69, 9.17) is 9.84 Å². The molecule has 1 atom stereocenters. The Morgan fingerprint density at radius 1 is 1.36 bits per heavy atom. The second kappa shape index (κ2) is 8.50. The van der Waals surface area contributed by atoms with Crippen LogP contribution in [0, 0.1) is 5.92 Å². The minimum atomic E-state index is -1.06. The van der Waals surface area contributed by atoms with Crippen LogP contribution in [0.2, 0.25) is 0 Å². The Morgan fingerprint density at radius 2 is 2.12 bits per heavy atom. The molecule has 0 saturated carbocycles. The highest BCUT2D eigenvalue weighted by molar-refractivity contribution is 5.95. The van der Waals surface area contributed by atoms with Crippen molar-refractivity contribution in [3.63, 3.8) is 0 Å². The molecule has 2 rings (SSSR count). The Hall–Kier alpha value is -2.57. The molecule has 1 aliphatic heterocycles. The first-order valence-electron chi connectivity index (χ1n) is 8.42. The van der Waals surface area contributed by atoms with Gasteiger partial charge in [-0.15, -0.1) is 0 Å². The molecule has 0 aromatic heterocycles. The van der Waals surface area contributed by atoms with Crippen LogP contribution >= 0.6 is 0 Å². The number of carboxylic acids is 1. The summed E-state index contributed by atoms with van der Waals surface area (Å²) in [5.74, 6) is -0.861. The molecule has 0 spiro atoms. The van der Waals surface area contributed by atoms with Crippen molar-refractivity contribution in [2.75, 3.05) is 18.1 Å². The number of ether oxygens (including phenoxy) is 1. The van der Waals surface area contributed by atoms with Crippen molar-refractivity contribution >= 4 is 23.5 Å². The highest BCUT2D eigenvalue weighted by atomic mass is 16.5. The van der Waals surface area contributed by atoms with E-state index in [-0.39, 0.29) is 18.4 Å². The van der Waals surface area contributed by atoms with Gasteiger partial charge in [0.1, 0.15) is 11.8 Å². The van der Waals surface area contributed by atoms with Crippen molar-refractivity contribution in [3.05, 3.63) is 24.3 Å². The van der Waals surface area contributed by atoms with E-state index in [0.29, 0.717) is 25.1 Å². The van der Waals surface area contributed by atoms with Gasteiger partial charge in [0.05, 0.1) is 0 Å². The first-order valence-corrected chi connectivity index (χ1v) is 8.42. The van der Waals surface area contributed by atoms with Crippen LogP contribution in [0.25, 0.3) is 0 Å². The molecule has 25 heavy (non-hydrogen) atoms. The van der Waals surface area contributed by atoms with Gasteiger partial charge in [-0.25, -0.2) is 4.79 Å². The standard InChI is InChI=1S/C18H24N2O5/c1-12(2)9-15(18(23)24)19-16(21)11-25-14-6-3-5-13(10-14)20-8-4-7-17(20)22/h3,5-6,10,12,15H,4,7-9,11H2,1-2H3,(H,19,21)(H,23,24)/t15-/m0/s1. The van der Waals surface area contributed by atoms with Gasteiger partial charge in [-0.05, 0) is 30.9 Å². The zero-order valence-electron chi connectivity index (χ0n) is 14.5. The van der Waals surface area contributed by atoms with E-state index in [1.807, 2.05) is 19.9 Å². The minimum Gasteiger partial charge on any atom is -0.484 e. The summed E-state index contributed by atoms with van der Waals surface area (Å²) in [4.78, 5) is 36.6. The molecule has 2 amide bonds. The molecule has 7 heteroatoms. The number of benzene rings is 1. The van der Waals surface area contributed by atoms with E-state index in [0.717, 1.165) is 12.1 Å². The van der Waals surface area contributed by atoms with Gasteiger partial charge in [0, 0.05) is 24.7 Å². The van der Waals surface area contributed by atoms with E-state index in [1.165, 1.54) is 0 Å². The van der Waals surface area contributed by atoms with Gasteiger partial charge in [0.2, 0.25) is 5.91 Å². The third-order valence-electron chi connectivity index (χ3n) is 3.91. The molecule has 0 aliphatic carbocycles. The van der Waals surface area contributed by atoms with Gasteiger partial charge in [-0.3, -0.25) is 9.59 Å². The van der Waals surface area contributed by atoms with Crippen molar-refractivity contribution in [3.8, 4) is 5.75 Å². The van der Waals surface area contributed by atoms with Gasteiger partial charge in [-0.2, -0.15) is 0 Å². The molecule has 7 nitrogen and oxygen atoms in total. The third-order valence-corrected chi connectivity index (χ3v) is 3.91.